The van der Waals surface area contributed by atoms with Crippen molar-refractivity contribution in [2.45, 2.75) is 32.9 Å². The summed E-state index contributed by atoms with van der Waals surface area (Å²) in [5.41, 5.74) is 0. The van der Waals surface area contributed by atoms with Crippen LogP contribution in [-0.4, -0.2) is 41.1 Å². The van der Waals surface area contributed by atoms with Crippen molar-refractivity contribution in [3.8, 4) is 5.40 Å². The Bertz CT molecular complexity index is 406. The van der Waals surface area contributed by atoms with Crippen LogP contribution in [-0.2, 0) is 0 Å². The highest BCUT2D eigenvalue weighted by atomic mass is 32.2. The standard InChI is InChI=1S/C12H20N6S/c1-5-17(6-2)10-14-11(18(7-3)8-4)16-12(15-10)19-9-13/h5-8H2,1-4H3. The van der Waals surface area contributed by atoms with Crippen molar-refractivity contribution < 1.29 is 0 Å². The van der Waals surface area contributed by atoms with Crippen LogP contribution in [0.25, 0.3) is 0 Å². The van der Waals surface area contributed by atoms with Crippen molar-refractivity contribution in [2.24, 2.45) is 0 Å². The summed E-state index contributed by atoms with van der Waals surface area (Å²) in [7, 11) is 0. The van der Waals surface area contributed by atoms with Gasteiger partial charge in [-0.05, 0) is 27.7 Å². The first-order chi connectivity index (χ1) is 9.19. The summed E-state index contributed by atoms with van der Waals surface area (Å²) < 4.78 is 0. The molecule has 104 valence electrons. The van der Waals surface area contributed by atoms with Crippen LogP contribution in [0, 0.1) is 10.7 Å². The predicted octanol–water partition coefficient (Wildman–Crippen LogP) is 2.14. The highest BCUT2D eigenvalue weighted by Gasteiger charge is 2.14. The van der Waals surface area contributed by atoms with Crippen LogP contribution in [0.3, 0.4) is 0 Å². The zero-order valence-corrected chi connectivity index (χ0v) is 12.7. The van der Waals surface area contributed by atoms with Crippen molar-refractivity contribution in [1.29, 1.82) is 5.26 Å². The van der Waals surface area contributed by atoms with E-state index >= 15 is 0 Å². The monoisotopic (exact) mass is 280 g/mol. The second-order valence-electron chi connectivity index (χ2n) is 3.76. The molecule has 0 fully saturated rings. The number of anilines is 2. The number of aromatic nitrogens is 3. The third-order valence-corrected chi connectivity index (χ3v) is 3.28. The van der Waals surface area contributed by atoms with E-state index in [0.717, 1.165) is 37.9 Å². The normalized spacial score (nSPS) is 10.1. The van der Waals surface area contributed by atoms with Gasteiger partial charge in [-0.15, -0.1) is 0 Å². The minimum Gasteiger partial charge on any atom is -0.341 e. The largest absolute Gasteiger partial charge is 0.341 e. The number of thiocyanates is 1. The number of rotatable bonds is 7. The van der Waals surface area contributed by atoms with E-state index in [0.29, 0.717) is 17.1 Å². The summed E-state index contributed by atoms with van der Waals surface area (Å²) in [6.45, 7) is 11.5. The van der Waals surface area contributed by atoms with Gasteiger partial charge in [0, 0.05) is 37.9 Å². The van der Waals surface area contributed by atoms with Gasteiger partial charge in [0.05, 0.1) is 0 Å². The third kappa shape index (κ3) is 3.96. The molecule has 1 heterocycles. The first-order valence-corrected chi connectivity index (χ1v) is 7.33. The van der Waals surface area contributed by atoms with Crippen LogP contribution >= 0.6 is 11.8 Å². The molecule has 0 saturated carbocycles. The topological polar surface area (TPSA) is 68.9 Å². The molecule has 7 heteroatoms. The first-order valence-electron chi connectivity index (χ1n) is 6.51. The van der Waals surface area contributed by atoms with Gasteiger partial charge in [0.15, 0.2) is 0 Å². The Morgan fingerprint density at radius 2 is 1.32 bits per heavy atom. The minimum absolute atomic E-state index is 0.460. The molecule has 0 aliphatic carbocycles. The Morgan fingerprint density at radius 1 is 0.895 bits per heavy atom. The summed E-state index contributed by atoms with van der Waals surface area (Å²) in [6.07, 6.45) is 0. The van der Waals surface area contributed by atoms with Gasteiger partial charge >= 0.3 is 0 Å². The van der Waals surface area contributed by atoms with Gasteiger partial charge in [0.25, 0.3) is 0 Å². The highest BCUT2D eigenvalue weighted by molar-refractivity contribution is 8.03. The summed E-state index contributed by atoms with van der Waals surface area (Å²) >= 11 is 0.970. The molecular formula is C12H20N6S. The molecule has 0 saturated heterocycles. The van der Waals surface area contributed by atoms with E-state index in [2.05, 4.69) is 52.4 Å². The van der Waals surface area contributed by atoms with E-state index in [9.17, 15) is 0 Å². The summed E-state index contributed by atoms with van der Waals surface area (Å²) in [6, 6.07) is 0. The summed E-state index contributed by atoms with van der Waals surface area (Å²) in [5, 5.41) is 11.3. The molecule has 19 heavy (non-hydrogen) atoms. The van der Waals surface area contributed by atoms with Crippen LogP contribution in [0.2, 0.25) is 0 Å². The molecule has 1 aromatic heterocycles. The summed E-state index contributed by atoms with van der Waals surface area (Å²) in [5.74, 6) is 1.28. The van der Waals surface area contributed by atoms with Gasteiger partial charge in [-0.25, -0.2) is 0 Å². The molecule has 0 bridgehead atoms. The molecule has 0 aromatic carbocycles. The molecule has 0 radical (unpaired) electrons. The van der Waals surface area contributed by atoms with Gasteiger partial charge in [0.2, 0.25) is 17.1 Å². The van der Waals surface area contributed by atoms with Gasteiger partial charge < -0.3 is 9.80 Å². The maximum Gasteiger partial charge on any atom is 0.231 e. The van der Waals surface area contributed by atoms with E-state index in [-0.39, 0.29) is 0 Å². The number of nitrogens with zero attached hydrogens (tertiary/aromatic N) is 6. The zero-order chi connectivity index (χ0) is 14.3. The van der Waals surface area contributed by atoms with Gasteiger partial charge in [-0.1, -0.05) is 0 Å². The highest BCUT2D eigenvalue weighted by Crippen LogP contribution is 2.19. The zero-order valence-electron chi connectivity index (χ0n) is 11.9. The van der Waals surface area contributed by atoms with Crippen LogP contribution in [0.1, 0.15) is 27.7 Å². The van der Waals surface area contributed by atoms with E-state index < -0.39 is 0 Å². The van der Waals surface area contributed by atoms with Crippen molar-refractivity contribution >= 4 is 23.7 Å². The SMILES string of the molecule is CCN(CC)c1nc(SC#N)nc(N(CC)CC)n1. The Labute approximate surface area is 118 Å². The van der Waals surface area contributed by atoms with Crippen molar-refractivity contribution in [2.75, 3.05) is 36.0 Å². The molecular weight excluding hydrogens is 260 g/mol. The first kappa shape index (κ1) is 15.5. The third-order valence-electron chi connectivity index (χ3n) is 2.82. The van der Waals surface area contributed by atoms with Crippen LogP contribution in [0.5, 0.6) is 0 Å². The molecule has 0 atom stereocenters. The molecule has 0 amide bonds. The van der Waals surface area contributed by atoms with E-state index in [1.165, 1.54) is 0 Å². The Kier molecular flexibility index (Phi) is 6.36. The van der Waals surface area contributed by atoms with E-state index in [4.69, 9.17) is 5.26 Å². The lowest BCUT2D eigenvalue weighted by molar-refractivity contribution is 0.746. The van der Waals surface area contributed by atoms with Crippen molar-refractivity contribution in [1.82, 2.24) is 15.0 Å². The molecule has 0 aliphatic rings. The average molecular weight is 280 g/mol. The lowest BCUT2D eigenvalue weighted by Crippen LogP contribution is -2.28. The van der Waals surface area contributed by atoms with Crippen LogP contribution in [0.15, 0.2) is 5.16 Å². The van der Waals surface area contributed by atoms with Crippen molar-refractivity contribution in [3.05, 3.63) is 0 Å². The molecule has 0 spiro atoms. The lowest BCUT2D eigenvalue weighted by Gasteiger charge is -2.23. The molecule has 1 rings (SSSR count). The molecule has 6 nitrogen and oxygen atoms in total. The fourth-order valence-corrected chi connectivity index (χ4v) is 2.05. The second-order valence-corrected chi connectivity index (χ2v) is 4.51. The number of nitriles is 1. The minimum atomic E-state index is 0.460. The Hall–Kier alpha value is -1.55. The molecule has 0 N–H and O–H groups in total. The van der Waals surface area contributed by atoms with Gasteiger partial charge in [0.1, 0.15) is 5.40 Å². The van der Waals surface area contributed by atoms with E-state index in [1.807, 2.05) is 5.40 Å². The van der Waals surface area contributed by atoms with E-state index in [1.54, 1.807) is 0 Å². The fraction of sp³-hybridized carbons (Fsp3) is 0.667. The van der Waals surface area contributed by atoms with Crippen LogP contribution in [0.4, 0.5) is 11.9 Å². The maximum atomic E-state index is 8.79. The van der Waals surface area contributed by atoms with Crippen molar-refractivity contribution in [3.63, 3.8) is 0 Å². The molecule has 0 aliphatic heterocycles. The predicted molar refractivity (Wildman–Crippen MR) is 78.4 cm³/mol. The molecule has 1 aromatic rings. The molecule has 0 unspecified atom stereocenters. The lowest BCUT2D eigenvalue weighted by atomic mass is 10.5. The Morgan fingerprint density at radius 3 is 1.63 bits per heavy atom. The maximum absolute atomic E-state index is 8.79. The second kappa shape index (κ2) is 7.79. The number of hydrogen-bond donors (Lipinski definition) is 0. The van der Waals surface area contributed by atoms with Gasteiger partial charge in [-0.2, -0.15) is 20.2 Å². The quantitative estimate of drug-likeness (QED) is 0.560. The van der Waals surface area contributed by atoms with Gasteiger partial charge in [-0.3, -0.25) is 0 Å². The average Bonchev–Trinajstić information content (AvgIpc) is 2.42. The summed E-state index contributed by atoms with van der Waals surface area (Å²) in [4.78, 5) is 17.3. The fourth-order valence-electron chi connectivity index (χ4n) is 1.72. The smallest absolute Gasteiger partial charge is 0.231 e. The number of hydrogen-bond acceptors (Lipinski definition) is 7. The number of thioether (sulfide) groups is 1. The van der Waals surface area contributed by atoms with Crippen LogP contribution < -0.4 is 9.80 Å². The Balaban J connectivity index is 3.20.